The van der Waals surface area contributed by atoms with Crippen molar-refractivity contribution in [2.45, 2.75) is 25.4 Å². The minimum Gasteiger partial charge on any atom is -0.336 e. The summed E-state index contributed by atoms with van der Waals surface area (Å²) in [4.78, 5) is 15.5. The van der Waals surface area contributed by atoms with E-state index in [1.54, 1.807) is 22.2 Å². The summed E-state index contributed by atoms with van der Waals surface area (Å²) in [5, 5.41) is 13.4. The highest BCUT2D eigenvalue weighted by molar-refractivity contribution is 7.09. The van der Waals surface area contributed by atoms with Gasteiger partial charge in [0.25, 0.3) is 5.91 Å². The topological polar surface area (TPSA) is 63.1 Å². The zero-order valence-electron chi connectivity index (χ0n) is 12.4. The van der Waals surface area contributed by atoms with Gasteiger partial charge in [0.1, 0.15) is 0 Å². The third-order valence-corrected chi connectivity index (χ3v) is 4.63. The number of likely N-dealkylation sites (tertiary alicyclic amines) is 1. The minimum absolute atomic E-state index is 0. The molecule has 0 aromatic carbocycles. The SMILES string of the molecule is CNC1CCCN(C(=O)c2cn(Cc3cccs3)nn2)C1.Cl. The summed E-state index contributed by atoms with van der Waals surface area (Å²) in [7, 11) is 1.94. The van der Waals surface area contributed by atoms with Gasteiger partial charge >= 0.3 is 0 Å². The predicted octanol–water partition coefficient (Wildman–Crippen LogP) is 1.63. The van der Waals surface area contributed by atoms with Crippen LogP contribution in [0.5, 0.6) is 0 Å². The molecule has 1 amide bonds. The van der Waals surface area contributed by atoms with E-state index in [0.717, 1.165) is 25.9 Å². The average Bonchev–Trinajstić information content (AvgIpc) is 3.19. The number of nitrogens with one attached hydrogen (secondary N) is 1. The number of halogens is 1. The zero-order chi connectivity index (χ0) is 14.7. The molecule has 2 aromatic heterocycles. The zero-order valence-corrected chi connectivity index (χ0v) is 14.1. The molecule has 3 heterocycles. The summed E-state index contributed by atoms with van der Waals surface area (Å²) in [5.74, 6) is -0.0209. The molecule has 8 heteroatoms. The van der Waals surface area contributed by atoms with E-state index in [0.29, 0.717) is 18.3 Å². The van der Waals surface area contributed by atoms with Crippen LogP contribution in [0.25, 0.3) is 0 Å². The largest absolute Gasteiger partial charge is 0.336 e. The Kier molecular flexibility index (Phi) is 5.93. The lowest BCUT2D eigenvalue weighted by molar-refractivity contribution is 0.0692. The first-order chi connectivity index (χ1) is 10.3. The molecule has 6 nitrogen and oxygen atoms in total. The fourth-order valence-electron chi connectivity index (χ4n) is 2.60. The monoisotopic (exact) mass is 341 g/mol. The first-order valence-corrected chi connectivity index (χ1v) is 8.03. The Morgan fingerprint density at radius 3 is 3.14 bits per heavy atom. The summed E-state index contributed by atoms with van der Waals surface area (Å²) >= 11 is 1.67. The van der Waals surface area contributed by atoms with Crippen molar-refractivity contribution in [1.29, 1.82) is 0 Å². The lowest BCUT2D eigenvalue weighted by Crippen LogP contribution is -2.47. The number of amides is 1. The molecule has 22 heavy (non-hydrogen) atoms. The molecule has 0 radical (unpaired) electrons. The third kappa shape index (κ3) is 3.85. The second-order valence-corrected chi connectivity index (χ2v) is 6.29. The van der Waals surface area contributed by atoms with Gasteiger partial charge in [-0.05, 0) is 31.3 Å². The summed E-state index contributed by atoms with van der Waals surface area (Å²) in [6.45, 7) is 2.21. The van der Waals surface area contributed by atoms with Gasteiger partial charge in [0.05, 0.1) is 12.7 Å². The average molecular weight is 342 g/mol. The normalized spacial score (nSPS) is 18.0. The van der Waals surface area contributed by atoms with Crippen LogP contribution in [-0.4, -0.2) is 52.0 Å². The fraction of sp³-hybridized carbons (Fsp3) is 0.500. The molecule has 1 atom stereocenters. The number of piperidine rings is 1. The number of hydrogen-bond donors (Lipinski definition) is 1. The second-order valence-electron chi connectivity index (χ2n) is 5.26. The Morgan fingerprint density at radius 1 is 1.55 bits per heavy atom. The van der Waals surface area contributed by atoms with Gasteiger partial charge in [-0.15, -0.1) is 28.8 Å². The van der Waals surface area contributed by atoms with Crippen molar-refractivity contribution in [3.05, 3.63) is 34.3 Å². The maximum absolute atomic E-state index is 12.5. The number of nitrogens with zero attached hydrogens (tertiary/aromatic N) is 4. The van der Waals surface area contributed by atoms with Gasteiger partial charge in [0.15, 0.2) is 5.69 Å². The number of aromatic nitrogens is 3. The quantitative estimate of drug-likeness (QED) is 0.918. The molecule has 1 aliphatic rings. The molecule has 120 valence electrons. The molecule has 1 fully saturated rings. The molecule has 1 aliphatic heterocycles. The molecule has 0 bridgehead atoms. The van der Waals surface area contributed by atoms with E-state index in [1.807, 2.05) is 23.4 Å². The molecule has 1 unspecified atom stereocenters. The first-order valence-electron chi connectivity index (χ1n) is 7.15. The van der Waals surface area contributed by atoms with E-state index in [-0.39, 0.29) is 18.3 Å². The van der Waals surface area contributed by atoms with Crippen molar-refractivity contribution >= 4 is 29.7 Å². The lowest BCUT2D eigenvalue weighted by atomic mass is 10.1. The summed E-state index contributed by atoms with van der Waals surface area (Å²) < 4.78 is 1.72. The van der Waals surface area contributed by atoms with Crippen LogP contribution in [0.4, 0.5) is 0 Å². The molecular formula is C14H20ClN5OS. The first kappa shape index (κ1) is 16.9. The van der Waals surface area contributed by atoms with Crippen molar-refractivity contribution in [3.8, 4) is 0 Å². The van der Waals surface area contributed by atoms with E-state index in [4.69, 9.17) is 0 Å². The van der Waals surface area contributed by atoms with E-state index in [9.17, 15) is 4.79 Å². The predicted molar refractivity (Wildman–Crippen MR) is 88.7 cm³/mol. The maximum atomic E-state index is 12.5. The number of hydrogen-bond acceptors (Lipinski definition) is 5. The smallest absolute Gasteiger partial charge is 0.276 e. The van der Waals surface area contributed by atoms with Gasteiger partial charge in [-0.2, -0.15) is 0 Å². The van der Waals surface area contributed by atoms with Gasteiger partial charge in [-0.25, -0.2) is 4.68 Å². The number of rotatable bonds is 4. The van der Waals surface area contributed by atoms with Crippen LogP contribution in [0.3, 0.4) is 0 Å². The lowest BCUT2D eigenvalue weighted by Gasteiger charge is -2.31. The van der Waals surface area contributed by atoms with Gasteiger partial charge < -0.3 is 10.2 Å². The van der Waals surface area contributed by atoms with Crippen molar-refractivity contribution in [3.63, 3.8) is 0 Å². The van der Waals surface area contributed by atoms with E-state index < -0.39 is 0 Å². The highest BCUT2D eigenvalue weighted by Gasteiger charge is 2.25. The van der Waals surface area contributed by atoms with Crippen LogP contribution in [0.15, 0.2) is 23.7 Å². The van der Waals surface area contributed by atoms with Crippen LogP contribution >= 0.6 is 23.7 Å². The Labute approximate surface area is 139 Å². The molecule has 1 saturated heterocycles. The number of likely N-dealkylation sites (N-methyl/N-ethyl adjacent to an activating group) is 1. The molecule has 3 rings (SSSR count). The number of carbonyl (C=O) groups excluding carboxylic acids is 1. The van der Waals surface area contributed by atoms with Crippen LogP contribution in [0, 0.1) is 0 Å². The van der Waals surface area contributed by atoms with E-state index in [2.05, 4.69) is 21.7 Å². The number of carbonyl (C=O) groups is 1. The van der Waals surface area contributed by atoms with Gasteiger partial charge in [-0.3, -0.25) is 4.79 Å². The molecule has 2 aromatic rings. The van der Waals surface area contributed by atoms with Crippen LogP contribution in [0.1, 0.15) is 28.2 Å². The van der Waals surface area contributed by atoms with Gasteiger partial charge in [0.2, 0.25) is 0 Å². The molecule has 0 saturated carbocycles. The second kappa shape index (κ2) is 7.71. The van der Waals surface area contributed by atoms with Crippen LogP contribution < -0.4 is 5.32 Å². The van der Waals surface area contributed by atoms with Gasteiger partial charge in [-0.1, -0.05) is 11.3 Å². The summed E-state index contributed by atoms with van der Waals surface area (Å²) in [6.07, 6.45) is 3.89. The highest BCUT2D eigenvalue weighted by Crippen LogP contribution is 2.14. The standard InChI is InChI=1S/C14H19N5OS.ClH/c1-15-11-4-2-6-18(8-11)14(20)13-10-19(17-16-13)9-12-5-3-7-21-12;/h3,5,7,10-11,15H,2,4,6,8-9H2,1H3;1H. The molecule has 0 aliphatic carbocycles. The van der Waals surface area contributed by atoms with Crippen LogP contribution in [-0.2, 0) is 6.54 Å². The Morgan fingerprint density at radius 2 is 2.41 bits per heavy atom. The molecular weight excluding hydrogens is 322 g/mol. The van der Waals surface area contributed by atoms with Crippen molar-refractivity contribution in [1.82, 2.24) is 25.2 Å². The molecule has 0 spiro atoms. The minimum atomic E-state index is -0.0209. The van der Waals surface area contributed by atoms with Crippen molar-refractivity contribution < 1.29 is 4.79 Å². The number of thiophene rings is 1. The Bertz CT molecular complexity index is 600. The molecule has 1 N–H and O–H groups in total. The van der Waals surface area contributed by atoms with Crippen molar-refractivity contribution in [2.24, 2.45) is 0 Å². The third-order valence-electron chi connectivity index (χ3n) is 3.77. The fourth-order valence-corrected chi connectivity index (χ4v) is 3.29. The summed E-state index contributed by atoms with van der Waals surface area (Å²) in [6, 6.07) is 4.44. The van der Waals surface area contributed by atoms with E-state index >= 15 is 0 Å². The maximum Gasteiger partial charge on any atom is 0.276 e. The van der Waals surface area contributed by atoms with Gasteiger partial charge in [0, 0.05) is 24.0 Å². The highest BCUT2D eigenvalue weighted by atomic mass is 35.5. The van der Waals surface area contributed by atoms with E-state index in [1.165, 1.54) is 4.88 Å². The Balaban J connectivity index is 0.00000176. The Hall–Kier alpha value is -1.44. The summed E-state index contributed by atoms with van der Waals surface area (Å²) in [5.41, 5.74) is 0.434. The van der Waals surface area contributed by atoms with Crippen LogP contribution in [0.2, 0.25) is 0 Å². The van der Waals surface area contributed by atoms with Crippen molar-refractivity contribution in [2.75, 3.05) is 20.1 Å².